The number of ether oxygens (including phenoxy) is 2. The van der Waals surface area contributed by atoms with Crippen LogP contribution in [0.3, 0.4) is 0 Å². The van der Waals surface area contributed by atoms with Gasteiger partial charge in [-0.1, -0.05) is 18.2 Å². The lowest BCUT2D eigenvalue weighted by atomic mass is 10.2. The monoisotopic (exact) mass is 442 g/mol. The number of anilines is 1. The first-order chi connectivity index (χ1) is 15.5. The Morgan fingerprint density at radius 3 is 2.34 bits per heavy atom. The van der Waals surface area contributed by atoms with Crippen molar-refractivity contribution < 1.29 is 23.5 Å². The van der Waals surface area contributed by atoms with Crippen LogP contribution in [0.15, 0.2) is 48.5 Å². The molecule has 2 N–H and O–H groups in total. The van der Waals surface area contributed by atoms with E-state index in [1.54, 1.807) is 12.1 Å². The van der Waals surface area contributed by atoms with Crippen LogP contribution in [0.4, 0.5) is 10.1 Å². The molecule has 2 aromatic carbocycles. The third kappa shape index (κ3) is 6.18. The largest absolute Gasteiger partial charge is 0.486 e. The molecule has 2 aromatic rings. The van der Waals surface area contributed by atoms with E-state index in [0.717, 1.165) is 5.75 Å². The van der Waals surface area contributed by atoms with E-state index in [4.69, 9.17) is 9.47 Å². The molecule has 0 radical (unpaired) electrons. The molecule has 32 heavy (non-hydrogen) atoms. The molecule has 0 saturated carbocycles. The van der Waals surface area contributed by atoms with Gasteiger partial charge in [-0.3, -0.25) is 19.4 Å². The van der Waals surface area contributed by atoms with E-state index in [1.165, 1.54) is 12.1 Å². The molecule has 2 aliphatic heterocycles. The number of fused-ring (bicyclic) bond motifs is 1. The van der Waals surface area contributed by atoms with Gasteiger partial charge in [0.05, 0.1) is 19.6 Å². The number of carbonyl (C=O) groups excluding carboxylic acids is 2. The van der Waals surface area contributed by atoms with Gasteiger partial charge in [-0.25, -0.2) is 4.39 Å². The van der Waals surface area contributed by atoms with Crippen molar-refractivity contribution in [3.05, 3.63) is 54.3 Å². The fourth-order valence-electron chi connectivity index (χ4n) is 3.73. The summed E-state index contributed by atoms with van der Waals surface area (Å²) in [6.07, 6.45) is -0.220. The van der Waals surface area contributed by atoms with E-state index in [9.17, 15) is 14.0 Å². The second-order valence-corrected chi connectivity index (χ2v) is 7.91. The van der Waals surface area contributed by atoms with E-state index in [-0.39, 0.29) is 30.3 Å². The number of hydrogen-bond acceptors (Lipinski definition) is 6. The van der Waals surface area contributed by atoms with Crippen LogP contribution < -0.4 is 20.1 Å². The highest BCUT2D eigenvalue weighted by molar-refractivity contribution is 5.92. The minimum Gasteiger partial charge on any atom is -0.486 e. The van der Waals surface area contributed by atoms with Gasteiger partial charge in [0.2, 0.25) is 11.8 Å². The molecule has 2 amide bonds. The van der Waals surface area contributed by atoms with Crippen LogP contribution in [0.25, 0.3) is 0 Å². The van der Waals surface area contributed by atoms with E-state index in [0.29, 0.717) is 57.3 Å². The molecule has 1 atom stereocenters. The van der Waals surface area contributed by atoms with Crippen molar-refractivity contribution in [2.75, 3.05) is 57.7 Å². The van der Waals surface area contributed by atoms with Gasteiger partial charge >= 0.3 is 0 Å². The molecule has 9 heteroatoms. The fourth-order valence-corrected chi connectivity index (χ4v) is 3.73. The first-order valence-corrected chi connectivity index (χ1v) is 10.7. The van der Waals surface area contributed by atoms with Crippen molar-refractivity contribution in [3.8, 4) is 11.5 Å². The molecular weight excluding hydrogens is 415 g/mol. The van der Waals surface area contributed by atoms with Gasteiger partial charge in [0, 0.05) is 31.9 Å². The predicted molar refractivity (Wildman–Crippen MR) is 117 cm³/mol. The van der Waals surface area contributed by atoms with Gasteiger partial charge in [0.25, 0.3) is 0 Å². The number of carbonyl (C=O) groups is 2. The molecule has 8 nitrogen and oxygen atoms in total. The Balaban J connectivity index is 1.13. The lowest BCUT2D eigenvalue weighted by Gasteiger charge is -2.34. The Morgan fingerprint density at radius 1 is 0.938 bits per heavy atom. The number of para-hydroxylation sites is 2. The van der Waals surface area contributed by atoms with Crippen LogP contribution in [0.1, 0.15) is 0 Å². The molecule has 2 heterocycles. The van der Waals surface area contributed by atoms with E-state index in [1.807, 2.05) is 29.2 Å². The van der Waals surface area contributed by atoms with Gasteiger partial charge in [0.15, 0.2) is 11.5 Å². The third-order valence-electron chi connectivity index (χ3n) is 5.40. The van der Waals surface area contributed by atoms with Gasteiger partial charge in [-0.2, -0.15) is 0 Å². The second-order valence-electron chi connectivity index (χ2n) is 7.91. The number of hydrogen-bond donors (Lipinski definition) is 2. The van der Waals surface area contributed by atoms with Crippen LogP contribution in [0, 0.1) is 5.82 Å². The summed E-state index contributed by atoms with van der Waals surface area (Å²) in [5, 5.41) is 5.62. The number of piperazine rings is 1. The van der Waals surface area contributed by atoms with Gasteiger partial charge < -0.3 is 20.1 Å². The van der Waals surface area contributed by atoms with Crippen molar-refractivity contribution in [3.63, 3.8) is 0 Å². The summed E-state index contributed by atoms with van der Waals surface area (Å²) in [6.45, 7) is 4.06. The van der Waals surface area contributed by atoms with Crippen LogP contribution in [0.2, 0.25) is 0 Å². The number of rotatable bonds is 7. The molecule has 1 saturated heterocycles. The smallest absolute Gasteiger partial charge is 0.238 e. The Hall–Kier alpha value is -3.17. The van der Waals surface area contributed by atoms with Crippen LogP contribution in [0.5, 0.6) is 11.5 Å². The molecule has 0 aromatic heterocycles. The predicted octanol–water partition coefficient (Wildman–Crippen LogP) is 1.34. The average molecular weight is 442 g/mol. The zero-order valence-corrected chi connectivity index (χ0v) is 17.8. The molecule has 0 aliphatic carbocycles. The Bertz CT molecular complexity index is 949. The number of benzene rings is 2. The Labute approximate surface area is 186 Å². The van der Waals surface area contributed by atoms with Crippen LogP contribution >= 0.6 is 0 Å². The van der Waals surface area contributed by atoms with Crippen LogP contribution in [-0.4, -0.2) is 80.1 Å². The first-order valence-electron chi connectivity index (χ1n) is 10.7. The molecule has 0 spiro atoms. The highest BCUT2D eigenvalue weighted by Crippen LogP contribution is 2.30. The van der Waals surface area contributed by atoms with Gasteiger partial charge in [0.1, 0.15) is 18.5 Å². The zero-order valence-electron chi connectivity index (χ0n) is 17.8. The number of nitrogens with one attached hydrogen (secondary N) is 2. The summed E-state index contributed by atoms with van der Waals surface area (Å²) in [6, 6.07) is 13.3. The third-order valence-corrected chi connectivity index (χ3v) is 5.40. The molecule has 0 unspecified atom stereocenters. The number of halogens is 1. The summed E-state index contributed by atoms with van der Waals surface area (Å²) < 4.78 is 24.7. The Morgan fingerprint density at radius 2 is 1.62 bits per heavy atom. The lowest BCUT2D eigenvalue weighted by molar-refractivity contribution is -0.124. The summed E-state index contributed by atoms with van der Waals surface area (Å²) >= 11 is 0. The maximum atomic E-state index is 13.2. The number of amides is 2. The molecule has 1 fully saturated rings. The highest BCUT2D eigenvalue weighted by atomic mass is 19.1. The quantitative estimate of drug-likeness (QED) is 0.674. The van der Waals surface area contributed by atoms with Crippen molar-refractivity contribution in [1.29, 1.82) is 0 Å². The topological polar surface area (TPSA) is 83.1 Å². The fraction of sp³-hybridized carbons (Fsp3) is 0.391. The number of nitrogens with zero attached hydrogens (tertiary/aromatic N) is 2. The minimum absolute atomic E-state index is 0.0650. The van der Waals surface area contributed by atoms with E-state index in [2.05, 4.69) is 15.5 Å². The van der Waals surface area contributed by atoms with Crippen molar-refractivity contribution in [1.82, 2.24) is 15.1 Å². The molecular formula is C23H27FN4O4. The molecule has 170 valence electrons. The summed E-state index contributed by atoms with van der Waals surface area (Å²) in [7, 11) is 0. The zero-order chi connectivity index (χ0) is 22.3. The molecule has 0 bridgehead atoms. The van der Waals surface area contributed by atoms with Crippen molar-refractivity contribution >= 4 is 17.5 Å². The first kappa shape index (κ1) is 22.0. The highest BCUT2D eigenvalue weighted by Gasteiger charge is 2.23. The average Bonchev–Trinajstić information content (AvgIpc) is 2.79. The van der Waals surface area contributed by atoms with Gasteiger partial charge in [-0.05, 0) is 30.3 Å². The summed E-state index contributed by atoms with van der Waals surface area (Å²) in [4.78, 5) is 28.6. The normalized spacial score (nSPS) is 18.7. The molecule has 2 aliphatic rings. The minimum atomic E-state index is -0.387. The summed E-state index contributed by atoms with van der Waals surface area (Å²) in [5.41, 5.74) is 0.446. The van der Waals surface area contributed by atoms with E-state index >= 15 is 0 Å². The van der Waals surface area contributed by atoms with Crippen molar-refractivity contribution in [2.24, 2.45) is 0 Å². The lowest BCUT2D eigenvalue weighted by Crippen LogP contribution is -2.51. The maximum absolute atomic E-state index is 13.2. The summed E-state index contributed by atoms with van der Waals surface area (Å²) in [5.74, 6) is 0.776. The second kappa shape index (κ2) is 10.4. The maximum Gasteiger partial charge on any atom is 0.238 e. The van der Waals surface area contributed by atoms with Crippen LogP contribution in [-0.2, 0) is 9.59 Å². The van der Waals surface area contributed by atoms with E-state index < -0.39 is 0 Å². The van der Waals surface area contributed by atoms with Gasteiger partial charge in [-0.15, -0.1) is 0 Å². The standard InChI is InChI=1S/C23H27FN4O4/c24-17-4-3-5-18(12-17)26-23(30)15-28-10-8-27(9-11-28)14-22(29)25-13-19-16-31-20-6-1-2-7-21(20)32-19/h1-7,12,19H,8-11,13-16H2,(H,25,29)(H,26,30)/t19-/m1/s1. The Kier molecular flexibility index (Phi) is 7.18. The SMILES string of the molecule is O=C(CN1CCN(CC(=O)Nc2cccc(F)c2)CC1)NC[C@@H]1COc2ccccc2O1. The molecule has 4 rings (SSSR count). The van der Waals surface area contributed by atoms with Crippen molar-refractivity contribution in [2.45, 2.75) is 6.10 Å².